The van der Waals surface area contributed by atoms with E-state index in [-0.39, 0.29) is 0 Å². The van der Waals surface area contributed by atoms with Gasteiger partial charge in [0.2, 0.25) is 0 Å². The molecule has 0 aromatic rings. The molecule has 0 aliphatic heterocycles. The Morgan fingerprint density at radius 2 is 0.733 bits per heavy atom. The predicted molar refractivity (Wildman–Crippen MR) is 77.5 cm³/mol. The molecule has 0 rings (SSSR count). The van der Waals surface area contributed by atoms with Gasteiger partial charge in [-0.05, 0) is 5.67 Å². The fourth-order valence-corrected chi connectivity index (χ4v) is 10.2. The van der Waals surface area contributed by atoms with Crippen LogP contribution >= 0.6 is 0 Å². The van der Waals surface area contributed by atoms with E-state index in [1.807, 2.05) is 34.2 Å². The maximum Gasteiger partial charge on any atom is 0.122 e. The van der Waals surface area contributed by atoms with E-state index in [1.54, 1.807) is 0 Å². The number of rotatable bonds is 8. The molecule has 0 amide bonds. The standard InChI is InChI=1S/C13H20Si2/c1-7-14(8-2,9-3)13-15(10-4,11-5)12-6/h7-12H,1-6,13H2. The van der Waals surface area contributed by atoms with Gasteiger partial charge in [-0.25, -0.2) is 0 Å². The van der Waals surface area contributed by atoms with Crippen LogP contribution in [-0.4, -0.2) is 16.1 Å². The molecule has 0 heterocycles. The van der Waals surface area contributed by atoms with Gasteiger partial charge in [0.05, 0.1) is 0 Å². The summed E-state index contributed by atoms with van der Waals surface area (Å²) in [6, 6.07) is 0. The van der Waals surface area contributed by atoms with Crippen LogP contribution in [0.15, 0.2) is 73.7 Å². The van der Waals surface area contributed by atoms with E-state index in [2.05, 4.69) is 39.5 Å². The van der Waals surface area contributed by atoms with Gasteiger partial charge in [0, 0.05) is 0 Å². The average molecular weight is 232 g/mol. The molecule has 15 heavy (non-hydrogen) atoms. The van der Waals surface area contributed by atoms with Gasteiger partial charge in [0.25, 0.3) is 0 Å². The molecule has 0 atom stereocenters. The van der Waals surface area contributed by atoms with Crippen LogP contribution in [0.25, 0.3) is 0 Å². The Kier molecular flexibility index (Phi) is 5.25. The van der Waals surface area contributed by atoms with Crippen molar-refractivity contribution in [2.45, 2.75) is 5.67 Å². The molecule has 0 radical (unpaired) electrons. The van der Waals surface area contributed by atoms with Crippen molar-refractivity contribution in [2.75, 3.05) is 0 Å². The minimum atomic E-state index is -1.78. The number of hydrogen-bond donors (Lipinski definition) is 0. The summed E-state index contributed by atoms with van der Waals surface area (Å²) in [4.78, 5) is 0. The van der Waals surface area contributed by atoms with Crippen LogP contribution in [0, 0.1) is 0 Å². The average Bonchev–Trinajstić information content (AvgIpc) is 2.33. The Morgan fingerprint density at radius 1 is 0.533 bits per heavy atom. The summed E-state index contributed by atoms with van der Waals surface area (Å²) in [6.07, 6.45) is 0. The predicted octanol–water partition coefficient (Wildman–Crippen LogP) is 3.77. The molecule has 0 saturated heterocycles. The highest BCUT2D eigenvalue weighted by molar-refractivity contribution is 7.09. The van der Waals surface area contributed by atoms with Crippen LogP contribution in [0.4, 0.5) is 0 Å². The second-order valence-corrected chi connectivity index (χ2v) is 11.9. The molecule has 0 fully saturated rings. The lowest BCUT2D eigenvalue weighted by molar-refractivity contribution is 1.72. The third-order valence-electron chi connectivity index (χ3n) is 2.89. The van der Waals surface area contributed by atoms with Gasteiger partial charge >= 0.3 is 0 Å². The van der Waals surface area contributed by atoms with Gasteiger partial charge in [-0.2, -0.15) is 0 Å². The van der Waals surface area contributed by atoms with E-state index in [9.17, 15) is 0 Å². The molecular weight excluding hydrogens is 212 g/mol. The zero-order valence-corrected chi connectivity index (χ0v) is 11.4. The lowest BCUT2D eigenvalue weighted by Crippen LogP contribution is -2.41. The van der Waals surface area contributed by atoms with Crippen molar-refractivity contribution in [1.29, 1.82) is 0 Å². The van der Waals surface area contributed by atoms with Gasteiger partial charge in [-0.3, -0.25) is 0 Å². The summed E-state index contributed by atoms with van der Waals surface area (Å²) < 4.78 is 0. The summed E-state index contributed by atoms with van der Waals surface area (Å²) >= 11 is 0. The molecule has 0 aromatic heterocycles. The maximum absolute atomic E-state index is 3.90. The summed E-state index contributed by atoms with van der Waals surface area (Å²) in [6.45, 7) is 23.4. The normalized spacial score (nSPS) is 11.2. The molecule has 0 spiro atoms. The minimum absolute atomic E-state index is 1.01. The first kappa shape index (κ1) is 13.9. The van der Waals surface area contributed by atoms with Gasteiger partial charge in [0.15, 0.2) is 0 Å². The molecule has 0 nitrogen and oxygen atoms in total. The maximum atomic E-state index is 3.90. The summed E-state index contributed by atoms with van der Waals surface area (Å²) in [5.74, 6) is 0. The van der Waals surface area contributed by atoms with E-state index in [1.165, 1.54) is 0 Å². The first-order valence-electron chi connectivity index (χ1n) is 4.89. The van der Waals surface area contributed by atoms with Gasteiger partial charge < -0.3 is 0 Å². The van der Waals surface area contributed by atoms with Crippen molar-refractivity contribution in [3.8, 4) is 0 Å². The molecular formula is C13H20Si2. The molecule has 0 N–H and O–H groups in total. The van der Waals surface area contributed by atoms with Crippen molar-refractivity contribution in [3.63, 3.8) is 0 Å². The third kappa shape index (κ3) is 2.91. The second-order valence-electron chi connectivity index (χ2n) is 3.63. The quantitative estimate of drug-likeness (QED) is 0.559. The Morgan fingerprint density at radius 3 is 0.867 bits per heavy atom. The topological polar surface area (TPSA) is 0 Å². The van der Waals surface area contributed by atoms with Crippen LogP contribution in [0.5, 0.6) is 0 Å². The van der Waals surface area contributed by atoms with Gasteiger partial charge in [-0.1, -0.05) is 34.2 Å². The van der Waals surface area contributed by atoms with Crippen LogP contribution in [-0.2, 0) is 0 Å². The first-order valence-corrected chi connectivity index (χ1v) is 9.77. The molecule has 0 saturated carbocycles. The summed E-state index contributed by atoms with van der Waals surface area (Å²) in [7, 11) is -3.55. The van der Waals surface area contributed by atoms with Crippen molar-refractivity contribution in [1.82, 2.24) is 0 Å². The number of hydrogen-bond acceptors (Lipinski definition) is 0. The van der Waals surface area contributed by atoms with Crippen molar-refractivity contribution in [2.24, 2.45) is 0 Å². The highest BCUT2D eigenvalue weighted by atomic mass is 28.4. The van der Waals surface area contributed by atoms with E-state index < -0.39 is 16.1 Å². The van der Waals surface area contributed by atoms with E-state index in [0.717, 1.165) is 5.67 Å². The van der Waals surface area contributed by atoms with E-state index >= 15 is 0 Å². The Hall–Kier alpha value is -1.13. The highest BCUT2D eigenvalue weighted by Crippen LogP contribution is 2.24. The molecule has 0 bridgehead atoms. The zero-order chi connectivity index (χ0) is 11.9. The monoisotopic (exact) mass is 232 g/mol. The lowest BCUT2D eigenvalue weighted by Gasteiger charge is -2.29. The highest BCUT2D eigenvalue weighted by Gasteiger charge is 2.33. The summed E-state index contributed by atoms with van der Waals surface area (Å²) in [5.41, 5.74) is 13.0. The molecule has 80 valence electrons. The first-order chi connectivity index (χ1) is 7.07. The SMILES string of the molecule is C=C[Si](C=C)(C=C)C[Si](C=C)(C=C)C=C. The zero-order valence-electron chi connectivity index (χ0n) is 9.41. The van der Waals surface area contributed by atoms with E-state index in [0.29, 0.717) is 0 Å². The molecule has 0 aromatic carbocycles. The van der Waals surface area contributed by atoms with E-state index in [4.69, 9.17) is 0 Å². The Labute approximate surface area is 95.7 Å². The summed E-state index contributed by atoms with van der Waals surface area (Å²) in [5, 5.41) is 0. The fraction of sp³-hybridized carbons (Fsp3) is 0.0769. The van der Waals surface area contributed by atoms with Crippen LogP contribution < -0.4 is 0 Å². The lowest BCUT2D eigenvalue weighted by atomic mass is 11.2. The second kappa shape index (κ2) is 5.68. The van der Waals surface area contributed by atoms with Gasteiger partial charge in [-0.15, -0.1) is 39.5 Å². The Balaban J connectivity index is 5.25. The van der Waals surface area contributed by atoms with Crippen LogP contribution in [0.2, 0.25) is 5.67 Å². The largest absolute Gasteiger partial charge is 0.122 e. The third-order valence-corrected chi connectivity index (χ3v) is 12.4. The Bertz CT molecular complexity index is 226. The van der Waals surface area contributed by atoms with Crippen molar-refractivity contribution in [3.05, 3.63) is 73.7 Å². The molecule has 0 unspecified atom stereocenters. The van der Waals surface area contributed by atoms with Crippen LogP contribution in [0.1, 0.15) is 0 Å². The van der Waals surface area contributed by atoms with Crippen molar-refractivity contribution >= 4 is 16.1 Å². The van der Waals surface area contributed by atoms with Gasteiger partial charge in [0.1, 0.15) is 16.1 Å². The fourth-order valence-electron chi connectivity index (χ4n) is 1.46. The van der Waals surface area contributed by atoms with Crippen LogP contribution in [0.3, 0.4) is 0 Å². The minimum Gasteiger partial charge on any atom is -0.106 e. The smallest absolute Gasteiger partial charge is 0.106 e. The molecule has 2 heteroatoms. The molecule has 0 aliphatic carbocycles. The molecule has 0 aliphatic rings. The van der Waals surface area contributed by atoms with Crippen molar-refractivity contribution < 1.29 is 0 Å².